The van der Waals surface area contributed by atoms with Crippen LogP contribution in [-0.2, 0) is 53.5 Å². The van der Waals surface area contributed by atoms with Gasteiger partial charge in [-0.3, -0.25) is 14.4 Å². The van der Waals surface area contributed by atoms with Crippen molar-refractivity contribution >= 4 is 46.3 Å². The average molecular weight is 1150 g/mol. The molecule has 0 saturated heterocycles. The highest BCUT2D eigenvalue weighted by atomic mass is 19.1. The number of aromatic amines is 1. The first-order valence-electron chi connectivity index (χ1n) is 27.4. The summed E-state index contributed by atoms with van der Waals surface area (Å²) in [6.07, 6.45) is 1.30. The lowest BCUT2D eigenvalue weighted by atomic mass is 9.72. The zero-order valence-electron chi connectivity index (χ0n) is 47.8. The standard InChI is InChI=1S/C36H36FN3O7.C28H28FN3O5/c1-36(2,3)32(34-39-30(35(44)45-4)31(47-34)27-19-38-28-15-12-24(37)18-26(27)28)40-33(43)23(16-21-10-13-25(41)14-11-21)17-29(42)46-20-22-8-6-5-7-9-22;1-13-10-14-6-9-19-17(11-14)28(16-12-15(29)7-8-18(16)30-26(28)36-19)22-20(25(34)35-5)31-24(37-22)21(27(2,3)4)32-23(13)33/h5-15,18-19,23,32,38,41H,16-17,20H2,1-4H3,(H,40,43);6-9,11-13,21,26,30H,10H2,1-5H3,(H,32,33)/t23-,32-;13-,21+,26+,28-/m10/s1. The lowest BCUT2D eigenvalue weighted by Gasteiger charge is -2.31. The summed E-state index contributed by atoms with van der Waals surface area (Å²) in [6.45, 7) is 13.4. The van der Waals surface area contributed by atoms with Gasteiger partial charge in [-0.25, -0.2) is 28.3 Å². The number of rotatable bonds is 12. The number of carbonyl (C=O) groups excluding carboxylic acids is 5. The van der Waals surface area contributed by atoms with E-state index in [1.165, 1.54) is 50.6 Å². The number of hydrogen-bond acceptors (Lipinski definition) is 15. The number of carbonyl (C=O) groups is 5. The van der Waals surface area contributed by atoms with Crippen molar-refractivity contribution in [2.24, 2.45) is 22.7 Å². The molecule has 5 N–H and O–H groups in total. The van der Waals surface area contributed by atoms with Gasteiger partial charge in [0.2, 0.25) is 23.6 Å². The van der Waals surface area contributed by atoms with Gasteiger partial charge in [0.15, 0.2) is 29.1 Å². The number of methoxy groups -OCH3 is 2. The molecule has 11 rings (SSSR count). The van der Waals surface area contributed by atoms with E-state index in [2.05, 4.69) is 30.9 Å². The van der Waals surface area contributed by atoms with Crippen LogP contribution in [0.4, 0.5) is 14.5 Å². The Bertz CT molecular complexity index is 3820. The van der Waals surface area contributed by atoms with E-state index in [4.69, 9.17) is 27.8 Å². The Hall–Kier alpha value is -9.33. The molecule has 436 valence electrons. The Morgan fingerprint density at radius 1 is 0.810 bits per heavy atom. The van der Waals surface area contributed by atoms with Crippen molar-refractivity contribution in [3.8, 4) is 22.8 Å². The lowest BCUT2D eigenvalue weighted by molar-refractivity contribution is -0.148. The zero-order chi connectivity index (χ0) is 60.0. The van der Waals surface area contributed by atoms with Crippen LogP contribution >= 0.6 is 0 Å². The Morgan fingerprint density at radius 3 is 2.21 bits per heavy atom. The van der Waals surface area contributed by atoms with E-state index < -0.39 is 75.9 Å². The van der Waals surface area contributed by atoms with Gasteiger partial charge in [0.1, 0.15) is 47.2 Å². The molecule has 6 atom stereocenters. The molecule has 0 fully saturated rings. The number of H-pyrrole nitrogens is 1. The number of hydrogen-bond donors (Lipinski definition) is 5. The molecule has 18 nitrogen and oxygen atoms in total. The predicted molar refractivity (Wildman–Crippen MR) is 303 cm³/mol. The van der Waals surface area contributed by atoms with Crippen LogP contribution in [0, 0.1) is 34.3 Å². The van der Waals surface area contributed by atoms with Crippen LogP contribution < -0.4 is 20.7 Å². The van der Waals surface area contributed by atoms with Crippen LogP contribution in [0.1, 0.15) is 133 Å². The zero-order valence-corrected chi connectivity index (χ0v) is 47.8. The minimum atomic E-state index is -1.22. The normalized spacial score (nSPS) is 18.4. The Morgan fingerprint density at radius 2 is 1.51 bits per heavy atom. The van der Waals surface area contributed by atoms with Gasteiger partial charge in [-0.1, -0.05) is 103 Å². The minimum absolute atomic E-state index is 0.0297. The molecular weight excluding hydrogens is 1080 g/mol. The van der Waals surface area contributed by atoms with Gasteiger partial charge >= 0.3 is 17.9 Å². The van der Waals surface area contributed by atoms with E-state index in [9.17, 15) is 37.9 Å². The largest absolute Gasteiger partial charge is 0.508 e. The third-order valence-electron chi connectivity index (χ3n) is 15.3. The van der Waals surface area contributed by atoms with Crippen molar-refractivity contribution in [3.63, 3.8) is 0 Å². The van der Waals surface area contributed by atoms with Crippen LogP contribution in [-0.4, -0.2) is 70.2 Å². The second-order valence-corrected chi connectivity index (χ2v) is 23.4. The molecule has 2 amide bonds. The molecule has 4 bridgehead atoms. The maximum atomic E-state index is 14.7. The third-order valence-corrected chi connectivity index (χ3v) is 15.3. The van der Waals surface area contributed by atoms with Crippen LogP contribution in [0.3, 0.4) is 0 Å². The topological polar surface area (TPSA) is 246 Å². The maximum absolute atomic E-state index is 14.7. The average Bonchev–Trinajstić information content (AvgIpc) is 1.58. The Kier molecular flexibility index (Phi) is 15.7. The quantitative estimate of drug-likeness (QED) is 0.0564. The fourth-order valence-corrected chi connectivity index (χ4v) is 11.0. The predicted octanol–water partition coefficient (Wildman–Crippen LogP) is 11.1. The summed E-state index contributed by atoms with van der Waals surface area (Å²) in [5, 5.41) is 19.7. The van der Waals surface area contributed by atoms with E-state index in [0.29, 0.717) is 45.5 Å². The number of esters is 3. The molecule has 5 aromatic carbocycles. The van der Waals surface area contributed by atoms with Crippen molar-refractivity contribution in [2.45, 2.75) is 98.1 Å². The summed E-state index contributed by atoms with van der Waals surface area (Å²) in [5.41, 5.74) is 2.81. The molecule has 0 radical (unpaired) electrons. The first kappa shape index (κ1) is 57.9. The molecule has 3 aliphatic rings. The van der Waals surface area contributed by atoms with E-state index in [1.54, 1.807) is 30.5 Å². The number of halogens is 2. The van der Waals surface area contributed by atoms with Gasteiger partial charge in [0.25, 0.3) is 0 Å². The van der Waals surface area contributed by atoms with Crippen molar-refractivity contribution in [1.82, 2.24) is 25.6 Å². The van der Waals surface area contributed by atoms with Crippen LogP contribution in [0.2, 0.25) is 0 Å². The van der Waals surface area contributed by atoms with Gasteiger partial charge in [-0.05, 0) is 95.0 Å². The second kappa shape index (κ2) is 22.8. The maximum Gasteiger partial charge on any atom is 0.360 e. The number of phenolic OH excluding ortho intramolecular Hbond substituents is 1. The highest BCUT2D eigenvalue weighted by Gasteiger charge is 2.61. The fraction of sp³-hybridized carbons (Fsp3) is 0.328. The number of anilines is 1. The number of phenols is 1. The summed E-state index contributed by atoms with van der Waals surface area (Å²) in [5.74, 6) is -3.68. The van der Waals surface area contributed by atoms with Gasteiger partial charge in [0.05, 0.1) is 26.6 Å². The number of aromatic hydroxyl groups is 1. The summed E-state index contributed by atoms with van der Waals surface area (Å²) in [6, 6.07) is 28.5. The summed E-state index contributed by atoms with van der Waals surface area (Å²) in [7, 11) is 2.48. The van der Waals surface area contributed by atoms with Crippen LogP contribution in [0.25, 0.3) is 22.2 Å². The molecule has 8 aromatic rings. The molecule has 3 aliphatic heterocycles. The number of benzene rings is 5. The van der Waals surface area contributed by atoms with Gasteiger partial charge in [-0.2, -0.15) is 0 Å². The number of nitrogens with zero attached hydrogens (tertiary/aromatic N) is 2. The highest BCUT2D eigenvalue weighted by molar-refractivity contribution is 6.01. The smallest absolute Gasteiger partial charge is 0.360 e. The van der Waals surface area contributed by atoms with Crippen LogP contribution in [0.5, 0.6) is 11.5 Å². The Balaban J connectivity index is 0.000000192. The van der Waals surface area contributed by atoms with Crippen molar-refractivity contribution < 1.29 is 65.6 Å². The summed E-state index contributed by atoms with van der Waals surface area (Å²) in [4.78, 5) is 78.4. The second-order valence-electron chi connectivity index (χ2n) is 23.4. The minimum Gasteiger partial charge on any atom is -0.508 e. The number of fused-ring (bicyclic) bond motifs is 5. The van der Waals surface area contributed by atoms with E-state index in [1.807, 2.05) is 97.0 Å². The molecule has 3 aromatic heterocycles. The summed E-state index contributed by atoms with van der Waals surface area (Å²) < 4.78 is 63.6. The van der Waals surface area contributed by atoms with E-state index >= 15 is 0 Å². The molecule has 84 heavy (non-hydrogen) atoms. The number of oxazole rings is 2. The molecule has 1 spiro atoms. The number of aromatic nitrogens is 3. The van der Waals surface area contributed by atoms with Crippen LogP contribution in [0.15, 0.2) is 124 Å². The Labute approximate surface area is 482 Å². The highest BCUT2D eigenvalue weighted by Crippen LogP contribution is 2.59. The molecular formula is C64H64F2N6O12. The monoisotopic (exact) mass is 1150 g/mol. The van der Waals surface area contributed by atoms with Gasteiger partial charge < -0.3 is 53.8 Å². The third kappa shape index (κ3) is 11.3. The van der Waals surface area contributed by atoms with Crippen molar-refractivity contribution in [3.05, 3.63) is 184 Å². The van der Waals surface area contributed by atoms with Gasteiger partial charge in [-0.15, -0.1) is 0 Å². The molecule has 20 heteroatoms. The number of ether oxygens (including phenoxy) is 4. The van der Waals surface area contributed by atoms with E-state index in [-0.39, 0.29) is 71.7 Å². The molecule has 0 unspecified atom stereocenters. The van der Waals surface area contributed by atoms with Crippen molar-refractivity contribution in [1.29, 1.82) is 0 Å². The fourth-order valence-electron chi connectivity index (χ4n) is 11.0. The molecule has 6 heterocycles. The number of nitrogens with one attached hydrogen (secondary N) is 4. The lowest BCUT2D eigenvalue weighted by Crippen LogP contribution is -2.41. The van der Waals surface area contributed by atoms with Crippen molar-refractivity contribution in [2.75, 3.05) is 19.5 Å². The van der Waals surface area contributed by atoms with E-state index in [0.717, 1.165) is 16.7 Å². The SMILES string of the molecule is COC(=O)c1nc([C@@H](NC(=O)[C@@H](CC(=O)OCc2ccccc2)Cc2ccc(O)cc2)C(C)(C)C)oc1-c1c[nH]c2ccc(F)cc12.COC(=O)c1nc2oc1[C@@]13c4cc(F)ccc4N[C@@H]1Oc1ccc(cc13)C[C@H](C)C(=O)N[C@H]2C(C)(C)C. The number of amides is 2. The molecule has 0 aliphatic carbocycles. The first-order valence-corrected chi connectivity index (χ1v) is 27.4. The molecule has 0 saturated carbocycles. The summed E-state index contributed by atoms with van der Waals surface area (Å²) >= 11 is 0. The van der Waals surface area contributed by atoms with Gasteiger partial charge in [0, 0.05) is 45.4 Å². The first-order chi connectivity index (χ1) is 40.0.